The lowest BCUT2D eigenvalue weighted by Crippen LogP contribution is -2.26. The molecule has 0 saturated heterocycles. The van der Waals surface area contributed by atoms with Crippen molar-refractivity contribution in [2.24, 2.45) is 0 Å². The third-order valence-electron chi connectivity index (χ3n) is 5.06. The first-order valence-electron chi connectivity index (χ1n) is 10.4. The molecular formula is C25H19N5O4. The Kier molecular flexibility index (Phi) is 6.60. The van der Waals surface area contributed by atoms with E-state index in [2.05, 4.69) is 15.3 Å². The van der Waals surface area contributed by atoms with Gasteiger partial charge in [0, 0.05) is 35.8 Å². The minimum Gasteiger partial charge on any atom is -0.439 e. The Morgan fingerprint density at radius 2 is 1.97 bits per heavy atom. The van der Waals surface area contributed by atoms with Crippen LogP contribution in [0.3, 0.4) is 0 Å². The number of hydrogen-bond acceptors (Lipinski definition) is 6. The van der Waals surface area contributed by atoms with Crippen LogP contribution in [-0.4, -0.2) is 27.3 Å². The summed E-state index contributed by atoms with van der Waals surface area (Å²) in [7, 11) is 0. The smallest absolute Gasteiger partial charge is 0.287 e. The van der Waals surface area contributed by atoms with Gasteiger partial charge in [0.25, 0.3) is 11.6 Å². The molecule has 4 aromatic rings. The molecule has 34 heavy (non-hydrogen) atoms. The summed E-state index contributed by atoms with van der Waals surface area (Å²) in [6.07, 6.45) is 5.17. The molecule has 2 N–H and O–H groups in total. The van der Waals surface area contributed by atoms with Gasteiger partial charge in [0.05, 0.1) is 4.92 Å². The summed E-state index contributed by atoms with van der Waals surface area (Å²) >= 11 is 0. The fourth-order valence-electron chi connectivity index (χ4n) is 3.35. The van der Waals surface area contributed by atoms with Crippen molar-refractivity contribution in [2.75, 3.05) is 6.54 Å². The highest BCUT2D eigenvalue weighted by atomic mass is 16.6. The highest BCUT2D eigenvalue weighted by Gasteiger charge is 2.10. The van der Waals surface area contributed by atoms with Crippen LogP contribution in [0, 0.1) is 21.4 Å². The number of fused-ring (bicyclic) bond motifs is 1. The standard InChI is InChI=1S/C25H19N5O4/c26-14-19(25(31)27-12-11-18-15-28-23-4-2-1-3-22(18)23)13-17-5-8-21(9-6-17)34-24-10-7-20(16-29-24)30(32)33/h1-10,13,15-16,28H,11-12H2,(H,27,31)/b19-13-. The first kappa shape index (κ1) is 22.2. The van der Waals surface area contributed by atoms with E-state index in [0.29, 0.717) is 24.3 Å². The molecule has 0 aliphatic rings. The van der Waals surface area contributed by atoms with Crippen molar-refractivity contribution >= 4 is 28.6 Å². The van der Waals surface area contributed by atoms with Gasteiger partial charge >= 0.3 is 0 Å². The molecule has 0 aliphatic heterocycles. The number of nitrogens with one attached hydrogen (secondary N) is 2. The van der Waals surface area contributed by atoms with E-state index in [1.807, 2.05) is 36.5 Å². The Morgan fingerprint density at radius 3 is 2.68 bits per heavy atom. The number of pyridine rings is 1. The molecule has 0 radical (unpaired) electrons. The van der Waals surface area contributed by atoms with Crippen LogP contribution in [0.1, 0.15) is 11.1 Å². The Hall–Kier alpha value is -4.97. The molecule has 9 nitrogen and oxygen atoms in total. The zero-order valence-electron chi connectivity index (χ0n) is 17.9. The number of aromatic amines is 1. The number of benzene rings is 2. The average Bonchev–Trinajstić information content (AvgIpc) is 3.27. The highest BCUT2D eigenvalue weighted by molar-refractivity contribution is 6.01. The number of nitro groups is 1. The molecule has 4 rings (SSSR count). The van der Waals surface area contributed by atoms with Crippen molar-refractivity contribution in [1.82, 2.24) is 15.3 Å². The minimum absolute atomic E-state index is 0.00960. The number of rotatable bonds is 8. The molecule has 0 atom stereocenters. The van der Waals surface area contributed by atoms with Gasteiger partial charge in [-0.1, -0.05) is 30.3 Å². The molecule has 0 aliphatic carbocycles. The molecule has 9 heteroatoms. The van der Waals surface area contributed by atoms with Crippen molar-refractivity contribution in [1.29, 1.82) is 5.26 Å². The van der Waals surface area contributed by atoms with Crippen molar-refractivity contribution < 1.29 is 14.5 Å². The van der Waals surface area contributed by atoms with Gasteiger partial charge in [0.2, 0.25) is 5.88 Å². The zero-order chi connectivity index (χ0) is 23.9. The molecule has 0 spiro atoms. The number of H-pyrrole nitrogens is 1. The summed E-state index contributed by atoms with van der Waals surface area (Å²) in [6, 6.07) is 19.3. The topological polar surface area (TPSA) is 134 Å². The molecule has 2 aromatic heterocycles. The Bertz CT molecular complexity index is 1400. The number of aromatic nitrogens is 2. The first-order chi connectivity index (χ1) is 16.5. The first-order valence-corrected chi connectivity index (χ1v) is 10.4. The molecule has 2 aromatic carbocycles. The average molecular weight is 453 g/mol. The third-order valence-corrected chi connectivity index (χ3v) is 5.06. The van der Waals surface area contributed by atoms with Crippen molar-refractivity contribution in [2.45, 2.75) is 6.42 Å². The number of amides is 1. The minimum atomic E-state index is -0.539. The monoisotopic (exact) mass is 453 g/mol. The largest absolute Gasteiger partial charge is 0.439 e. The third kappa shape index (κ3) is 5.26. The maximum Gasteiger partial charge on any atom is 0.287 e. The second-order valence-electron chi connectivity index (χ2n) is 7.32. The maximum atomic E-state index is 12.5. The van der Waals surface area contributed by atoms with Gasteiger partial charge < -0.3 is 15.0 Å². The zero-order valence-corrected chi connectivity index (χ0v) is 17.9. The predicted octanol–water partition coefficient (Wildman–Crippen LogP) is 4.53. The van der Waals surface area contributed by atoms with E-state index in [0.717, 1.165) is 22.7 Å². The molecule has 0 bridgehead atoms. The molecule has 2 heterocycles. The summed E-state index contributed by atoms with van der Waals surface area (Å²) in [5.74, 6) is 0.221. The van der Waals surface area contributed by atoms with Crippen LogP contribution in [0.5, 0.6) is 11.6 Å². The summed E-state index contributed by atoms with van der Waals surface area (Å²) in [4.78, 5) is 29.7. The van der Waals surface area contributed by atoms with Crippen molar-refractivity contribution in [3.63, 3.8) is 0 Å². The van der Waals surface area contributed by atoms with E-state index in [-0.39, 0.29) is 17.1 Å². The fraction of sp³-hybridized carbons (Fsp3) is 0.0800. The number of nitrogens with zero attached hydrogens (tertiary/aromatic N) is 3. The SMILES string of the molecule is N#C/C(=C/c1ccc(Oc2ccc([N+](=O)[O-])cn2)cc1)C(=O)NCCc1c[nH]c2ccccc12. The number of para-hydroxylation sites is 1. The van der Waals surface area contributed by atoms with Crippen LogP contribution in [0.25, 0.3) is 17.0 Å². The van der Waals surface area contributed by atoms with E-state index in [1.54, 1.807) is 24.3 Å². The van der Waals surface area contributed by atoms with Crippen LogP contribution in [0.15, 0.2) is 78.6 Å². The quantitative estimate of drug-likeness (QED) is 0.174. The maximum absolute atomic E-state index is 12.5. The van der Waals surface area contributed by atoms with Gasteiger partial charge in [-0.15, -0.1) is 0 Å². The second kappa shape index (κ2) is 10.1. The van der Waals surface area contributed by atoms with E-state index >= 15 is 0 Å². The predicted molar refractivity (Wildman–Crippen MR) is 126 cm³/mol. The Labute approximate surface area is 194 Å². The lowest BCUT2D eigenvalue weighted by atomic mass is 10.1. The Balaban J connectivity index is 1.35. The molecule has 1 amide bonds. The number of nitriles is 1. The normalized spacial score (nSPS) is 11.1. The summed E-state index contributed by atoms with van der Waals surface area (Å²) in [5.41, 5.74) is 2.64. The van der Waals surface area contributed by atoms with E-state index in [4.69, 9.17) is 4.74 Å². The number of hydrogen-bond donors (Lipinski definition) is 2. The molecule has 168 valence electrons. The summed E-state index contributed by atoms with van der Waals surface area (Å²) < 4.78 is 5.56. The van der Waals surface area contributed by atoms with Crippen LogP contribution in [0.4, 0.5) is 5.69 Å². The van der Waals surface area contributed by atoms with E-state index in [1.165, 1.54) is 18.2 Å². The van der Waals surface area contributed by atoms with E-state index < -0.39 is 10.8 Å². The molecule has 0 saturated carbocycles. The molecule has 0 fully saturated rings. The fourth-order valence-corrected chi connectivity index (χ4v) is 3.35. The van der Waals surface area contributed by atoms with Gasteiger partial charge in [-0.2, -0.15) is 5.26 Å². The van der Waals surface area contributed by atoms with Gasteiger partial charge in [0.1, 0.15) is 23.6 Å². The lowest BCUT2D eigenvalue weighted by Gasteiger charge is -2.06. The highest BCUT2D eigenvalue weighted by Crippen LogP contribution is 2.22. The lowest BCUT2D eigenvalue weighted by molar-refractivity contribution is -0.385. The Morgan fingerprint density at radius 1 is 1.18 bits per heavy atom. The van der Waals surface area contributed by atoms with Crippen LogP contribution in [0.2, 0.25) is 0 Å². The second-order valence-corrected chi connectivity index (χ2v) is 7.32. The van der Waals surface area contributed by atoms with Gasteiger partial charge in [-0.05, 0) is 41.8 Å². The van der Waals surface area contributed by atoms with Gasteiger partial charge in [0.15, 0.2) is 0 Å². The van der Waals surface area contributed by atoms with Crippen LogP contribution < -0.4 is 10.1 Å². The van der Waals surface area contributed by atoms with Crippen molar-refractivity contribution in [3.8, 4) is 17.7 Å². The van der Waals surface area contributed by atoms with E-state index in [9.17, 15) is 20.2 Å². The van der Waals surface area contributed by atoms with Crippen LogP contribution >= 0.6 is 0 Å². The summed E-state index contributed by atoms with van der Waals surface area (Å²) in [5, 5.41) is 24.0. The number of carbonyl (C=O) groups is 1. The molecular weight excluding hydrogens is 434 g/mol. The van der Waals surface area contributed by atoms with Crippen LogP contribution in [-0.2, 0) is 11.2 Å². The van der Waals surface area contributed by atoms with Crippen molar-refractivity contribution in [3.05, 3.63) is 99.9 Å². The number of carbonyl (C=O) groups excluding carboxylic acids is 1. The van der Waals surface area contributed by atoms with Gasteiger partial charge in [-0.3, -0.25) is 14.9 Å². The number of ether oxygens (including phenoxy) is 1. The van der Waals surface area contributed by atoms with Gasteiger partial charge in [-0.25, -0.2) is 4.98 Å². The molecule has 0 unspecified atom stereocenters. The summed E-state index contributed by atoms with van der Waals surface area (Å²) in [6.45, 7) is 0.398.